The molecular weight excluding hydrogens is 244 g/mol. The average molecular weight is 266 g/mol. The summed E-state index contributed by atoms with van der Waals surface area (Å²) in [4.78, 5) is 14.6. The van der Waals surface area contributed by atoms with Gasteiger partial charge in [-0.3, -0.25) is 4.79 Å². The molecule has 0 aliphatic heterocycles. The highest BCUT2D eigenvalue weighted by atomic mass is 32.2. The topological polar surface area (TPSA) is 32.3 Å². The number of hydrogen-bond acceptors (Lipinski definition) is 3. The second-order valence-electron chi connectivity index (χ2n) is 4.59. The van der Waals surface area contributed by atoms with Crippen molar-refractivity contribution in [2.75, 3.05) is 20.6 Å². The van der Waals surface area contributed by atoms with E-state index in [4.69, 9.17) is 0 Å². The standard InChI is InChI=1S/C14H22N2OS/c1-11(2)18-13-7-5-12(6-8-13)10-16(4)14(17)9-15-3/h5-8,11,15H,9-10H2,1-4H3. The Morgan fingerprint density at radius 2 is 1.94 bits per heavy atom. The van der Waals surface area contributed by atoms with E-state index >= 15 is 0 Å². The minimum absolute atomic E-state index is 0.109. The SMILES string of the molecule is CNCC(=O)N(C)Cc1ccc(SC(C)C)cc1. The number of amides is 1. The molecule has 0 radical (unpaired) electrons. The minimum Gasteiger partial charge on any atom is -0.340 e. The van der Waals surface area contributed by atoms with Crippen molar-refractivity contribution in [2.45, 2.75) is 30.5 Å². The largest absolute Gasteiger partial charge is 0.340 e. The summed E-state index contributed by atoms with van der Waals surface area (Å²) >= 11 is 1.85. The van der Waals surface area contributed by atoms with Crippen molar-refractivity contribution in [3.05, 3.63) is 29.8 Å². The molecule has 1 N–H and O–H groups in total. The van der Waals surface area contributed by atoms with Crippen molar-refractivity contribution < 1.29 is 4.79 Å². The second-order valence-corrected chi connectivity index (χ2v) is 6.24. The van der Waals surface area contributed by atoms with Gasteiger partial charge in [-0.1, -0.05) is 26.0 Å². The Hall–Kier alpha value is -1.00. The normalized spacial score (nSPS) is 10.7. The molecule has 0 fully saturated rings. The van der Waals surface area contributed by atoms with Gasteiger partial charge in [-0.05, 0) is 24.7 Å². The lowest BCUT2D eigenvalue weighted by molar-refractivity contribution is -0.129. The van der Waals surface area contributed by atoms with Gasteiger partial charge in [0.15, 0.2) is 0 Å². The van der Waals surface area contributed by atoms with Crippen molar-refractivity contribution >= 4 is 17.7 Å². The van der Waals surface area contributed by atoms with Gasteiger partial charge in [0.05, 0.1) is 6.54 Å². The van der Waals surface area contributed by atoms with Gasteiger partial charge >= 0.3 is 0 Å². The third-order valence-electron chi connectivity index (χ3n) is 2.47. The van der Waals surface area contributed by atoms with Crippen LogP contribution in [0.1, 0.15) is 19.4 Å². The van der Waals surface area contributed by atoms with Gasteiger partial charge in [0.25, 0.3) is 0 Å². The molecule has 18 heavy (non-hydrogen) atoms. The first-order valence-corrected chi connectivity index (χ1v) is 7.05. The zero-order valence-electron chi connectivity index (χ0n) is 11.6. The van der Waals surface area contributed by atoms with Crippen LogP contribution in [0.3, 0.4) is 0 Å². The molecule has 0 bridgehead atoms. The fourth-order valence-electron chi connectivity index (χ4n) is 1.59. The third-order valence-corrected chi connectivity index (χ3v) is 3.48. The molecule has 0 spiro atoms. The quantitative estimate of drug-likeness (QED) is 0.802. The lowest BCUT2D eigenvalue weighted by Crippen LogP contribution is -2.33. The van der Waals surface area contributed by atoms with E-state index in [1.165, 1.54) is 4.90 Å². The number of likely N-dealkylation sites (N-methyl/N-ethyl adjacent to an activating group) is 2. The molecule has 0 aliphatic carbocycles. The van der Waals surface area contributed by atoms with Crippen molar-refractivity contribution in [3.63, 3.8) is 0 Å². The Labute approximate surface area is 114 Å². The predicted octanol–water partition coefficient (Wildman–Crippen LogP) is 2.36. The highest BCUT2D eigenvalue weighted by Gasteiger charge is 2.07. The third kappa shape index (κ3) is 5.10. The summed E-state index contributed by atoms with van der Waals surface area (Å²) in [6, 6.07) is 8.43. The molecule has 0 aromatic heterocycles. The molecule has 1 aromatic carbocycles. The summed E-state index contributed by atoms with van der Waals surface area (Å²) in [5.74, 6) is 0.109. The Morgan fingerprint density at radius 1 is 1.33 bits per heavy atom. The number of hydrogen-bond donors (Lipinski definition) is 1. The first-order valence-electron chi connectivity index (χ1n) is 6.17. The van der Waals surface area contributed by atoms with E-state index in [9.17, 15) is 4.79 Å². The second kappa shape index (κ2) is 7.44. The molecule has 100 valence electrons. The molecule has 1 aromatic rings. The number of thioether (sulfide) groups is 1. The van der Waals surface area contributed by atoms with Crippen LogP contribution in [-0.2, 0) is 11.3 Å². The van der Waals surface area contributed by atoms with Crippen LogP contribution in [0.5, 0.6) is 0 Å². The van der Waals surface area contributed by atoms with Gasteiger partial charge in [0.1, 0.15) is 0 Å². The van der Waals surface area contributed by atoms with Gasteiger partial charge in [0, 0.05) is 23.7 Å². The molecule has 0 heterocycles. The molecule has 1 amide bonds. The van der Waals surface area contributed by atoms with Crippen LogP contribution in [0.4, 0.5) is 0 Å². The number of rotatable bonds is 6. The van der Waals surface area contributed by atoms with Crippen molar-refractivity contribution in [1.82, 2.24) is 10.2 Å². The summed E-state index contributed by atoms with van der Waals surface area (Å²) in [5, 5.41) is 3.46. The van der Waals surface area contributed by atoms with Crippen LogP contribution in [0.25, 0.3) is 0 Å². The molecule has 0 aliphatic rings. The minimum atomic E-state index is 0.109. The fraction of sp³-hybridized carbons (Fsp3) is 0.500. The predicted molar refractivity (Wildman–Crippen MR) is 77.8 cm³/mol. The molecule has 3 nitrogen and oxygen atoms in total. The molecule has 4 heteroatoms. The zero-order chi connectivity index (χ0) is 13.5. The van der Waals surface area contributed by atoms with Crippen LogP contribution in [0.2, 0.25) is 0 Å². The summed E-state index contributed by atoms with van der Waals surface area (Å²) in [5.41, 5.74) is 1.16. The van der Waals surface area contributed by atoms with Crippen LogP contribution in [0, 0.1) is 0 Å². The highest BCUT2D eigenvalue weighted by Crippen LogP contribution is 2.23. The van der Waals surface area contributed by atoms with E-state index in [2.05, 4.69) is 43.4 Å². The first-order chi connectivity index (χ1) is 8.52. The number of carbonyl (C=O) groups excluding carboxylic acids is 1. The van der Waals surface area contributed by atoms with Gasteiger partial charge in [-0.15, -0.1) is 11.8 Å². The van der Waals surface area contributed by atoms with Gasteiger partial charge in [-0.25, -0.2) is 0 Å². The van der Waals surface area contributed by atoms with Crippen molar-refractivity contribution in [2.24, 2.45) is 0 Å². The Morgan fingerprint density at radius 3 is 2.44 bits per heavy atom. The lowest BCUT2D eigenvalue weighted by atomic mass is 10.2. The molecule has 0 saturated carbocycles. The smallest absolute Gasteiger partial charge is 0.236 e. The first kappa shape index (κ1) is 15.1. The molecule has 1 rings (SSSR count). The summed E-state index contributed by atoms with van der Waals surface area (Å²) in [6.07, 6.45) is 0. The van der Waals surface area contributed by atoms with Crippen LogP contribution in [0.15, 0.2) is 29.2 Å². The Bertz CT molecular complexity index is 376. The highest BCUT2D eigenvalue weighted by molar-refractivity contribution is 7.99. The average Bonchev–Trinajstić information content (AvgIpc) is 2.31. The van der Waals surface area contributed by atoms with Crippen molar-refractivity contribution in [3.8, 4) is 0 Å². The summed E-state index contributed by atoms with van der Waals surface area (Å²) in [7, 11) is 3.61. The maximum absolute atomic E-state index is 11.6. The fourth-order valence-corrected chi connectivity index (χ4v) is 2.43. The maximum Gasteiger partial charge on any atom is 0.236 e. The molecule has 0 unspecified atom stereocenters. The van der Waals surface area contributed by atoms with E-state index in [1.807, 2.05) is 18.8 Å². The summed E-state index contributed by atoms with van der Waals surface area (Å²) < 4.78 is 0. The Kier molecular flexibility index (Phi) is 6.22. The van der Waals surface area contributed by atoms with E-state index in [0.29, 0.717) is 18.3 Å². The number of benzene rings is 1. The van der Waals surface area contributed by atoms with E-state index in [1.54, 1.807) is 11.9 Å². The van der Waals surface area contributed by atoms with E-state index in [0.717, 1.165) is 5.56 Å². The molecular formula is C14H22N2OS. The van der Waals surface area contributed by atoms with E-state index < -0.39 is 0 Å². The number of nitrogens with one attached hydrogen (secondary N) is 1. The zero-order valence-corrected chi connectivity index (χ0v) is 12.4. The Balaban J connectivity index is 2.55. The van der Waals surface area contributed by atoms with Gasteiger partial charge in [-0.2, -0.15) is 0 Å². The van der Waals surface area contributed by atoms with Crippen molar-refractivity contribution in [1.29, 1.82) is 0 Å². The lowest BCUT2D eigenvalue weighted by Gasteiger charge is -2.17. The summed E-state index contributed by atoms with van der Waals surface area (Å²) in [6.45, 7) is 5.41. The molecule has 0 atom stereocenters. The van der Waals surface area contributed by atoms with Crippen LogP contribution in [-0.4, -0.2) is 36.7 Å². The number of nitrogens with zero attached hydrogens (tertiary/aromatic N) is 1. The monoisotopic (exact) mass is 266 g/mol. The van der Waals surface area contributed by atoms with Gasteiger partial charge < -0.3 is 10.2 Å². The van der Waals surface area contributed by atoms with Crippen LogP contribution < -0.4 is 5.32 Å². The van der Waals surface area contributed by atoms with E-state index in [-0.39, 0.29) is 5.91 Å². The van der Waals surface area contributed by atoms with Gasteiger partial charge in [0.2, 0.25) is 5.91 Å². The van der Waals surface area contributed by atoms with Crippen LogP contribution >= 0.6 is 11.8 Å². The molecule has 0 saturated heterocycles. The number of carbonyl (C=O) groups is 1. The maximum atomic E-state index is 11.6.